The summed E-state index contributed by atoms with van der Waals surface area (Å²) in [6.07, 6.45) is 0.688. The van der Waals surface area contributed by atoms with Crippen LogP contribution in [0.15, 0.2) is 66.3 Å². The molecule has 10 nitrogen and oxygen atoms in total. The van der Waals surface area contributed by atoms with E-state index in [1.807, 2.05) is 36.4 Å². The number of ether oxygens (including phenoxy) is 3. The topological polar surface area (TPSA) is 121 Å². The van der Waals surface area contributed by atoms with Crippen molar-refractivity contribution in [3.8, 4) is 0 Å². The molecule has 0 bridgehead atoms. The summed E-state index contributed by atoms with van der Waals surface area (Å²) in [5, 5.41) is 24.3. The van der Waals surface area contributed by atoms with Gasteiger partial charge in [-0.05, 0) is 33.7 Å². The summed E-state index contributed by atoms with van der Waals surface area (Å²) in [6.45, 7) is 3.65. The smallest absolute Gasteiger partial charge is 0.411 e. The van der Waals surface area contributed by atoms with E-state index in [2.05, 4.69) is 27.4 Å². The van der Waals surface area contributed by atoms with E-state index in [-0.39, 0.29) is 25.4 Å². The van der Waals surface area contributed by atoms with Crippen molar-refractivity contribution in [1.29, 1.82) is 0 Å². The zero-order chi connectivity index (χ0) is 24.6. The van der Waals surface area contributed by atoms with Crippen LogP contribution in [0.5, 0.6) is 0 Å². The molecule has 3 atom stereocenters. The third kappa shape index (κ3) is 6.67. The second kappa shape index (κ2) is 11.9. The van der Waals surface area contributed by atoms with Crippen molar-refractivity contribution in [3.63, 3.8) is 0 Å². The minimum Gasteiger partial charge on any atom is -0.445 e. The Hall–Kier alpha value is -3.25. The molecular formula is C24H27N5O5S. The molecule has 4 rings (SSSR count). The van der Waals surface area contributed by atoms with Gasteiger partial charge in [0.1, 0.15) is 6.61 Å². The Morgan fingerprint density at radius 3 is 2.63 bits per heavy atom. The fourth-order valence-corrected chi connectivity index (χ4v) is 4.41. The van der Waals surface area contributed by atoms with E-state index in [1.54, 1.807) is 23.9 Å². The van der Waals surface area contributed by atoms with Gasteiger partial charge in [-0.3, -0.25) is 5.32 Å². The molecule has 0 radical (unpaired) electrons. The van der Waals surface area contributed by atoms with E-state index < -0.39 is 12.4 Å². The van der Waals surface area contributed by atoms with Gasteiger partial charge in [-0.1, -0.05) is 60.8 Å². The van der Waals surface area contributed by atoms with Gasteiger partial charge in [0.2, 0.25) is 5.16 Å². The highest BCUT2D eigenvalue weighted by Gasteiger charge is 2.32. The van der Waals surface area contributed by atoms with Crippen molar-refractivity contribution in [2.45, 2.75) is 36.7 Å². The number of benzene rings is 2. The Labute approximate surface area is 207 Å². The highest BCUT2D eigenvalue weighted by Crippen LogP contribution is 2.39. The first-order valence-electron chi connectivity index (χ1n) is 11.1. The molecule has 3 aromatic rings. The Bertz CT molecular complexity index is 1120. The van der Waals surface area contributed by atoms with E-state index >= 15 is 0 Å². The quantitative estimate of drug-likeness (QED) is 0.336. The first kappa shape index (κ1) is 24.9. The van der Waals surface area contributed by atoms with Crippen LogP contribution in [0.1, 0.15) is 35.5 Å². The predicted molar refractivity (Wildman–Crippen MR) is 130 cm³/mol. The number of rotatable bonds is 9. The van der Waals surface area contributed by atoms with Crippen LogP contribution in [0.4, 0.5) is 10.5 Å². The largest absolute Gasteiger partial charge is 0.445 e. The number of aliphatic hydroxyl groups excluding tert-OH is 1. The second-order valence-corrected chi connectivity index (χ2v) is 8.87. The molecule has 1 amide bonds. The minimum atomic E-state index is -0.601. The highest BCUT2D eigenvalue weighted by molar-refractivity contribution is 7.99. The van der Waals surface area contributed by atoms with Crippen molar-refractivity contribution in [3.05, 3.63) is 77.9 Å². The molecule has 1 fully saturated rings. The number of nitrogens with one attached hydrogen (secondary N) is 1. The lowest BCUT2D eigenvalue weighted by Gasteiger charge is -2.36. The third-order valence-corrected chi connectivity index (χ3v) is 6.50. The lowest BCUT2D eigenvalue weighted by Crippen LogP contribution is -2.31. The molecule has 0 spiro atoms. The number of aryl methyl sites for hydroxylation is 1. The molecule has 184 valence electrons. The van der Waals surface area contributed by atoms with Crippen LogP contribution >= 0.6 is 11.8 Å². The molecule has 0 aliphatic carbocycles. The molecule has 1 aliphatic rings. The van der Waals surface area contributed by atoms with Gasteiger partial charge in [0.15, 0.2) is 6.29 Å². The van der Waals surface area contributed by atoms with E-state index in [4.69, 9.17) is 14.2 Å². The molecule has 35 heavy (non-hydrogen) atoms. The van der Waals surface area contributed by atoms with Gasteiger partial charge < -0.3 is 19.3 Å². The standard InChI is InChI=1S/C24H27N5O5S/c1-3-12-32-24(31)25-19-10-8-18(9-11-19)22-33-20(15-35-23-26-27-28-29(23)2)13-21(34-22)17-6-4-16(14-30)5-7-17/h3-11,20-22,30H,1,12-15H2,2H3,(H,25,31). The number of nitrogens with zero attached hydrogens (tertiary/aromatic N) is 4. The number of anilines is 1. The summed E-state index contributed by atoms with van der Waals surface area (Å²) in [7, 11) is 1.80. The molecule has 11 heteroatoms. The Balaban J connectivity index is 1.48. The van der Waals surface area contributed by atoms with Crippen molar-refractivity contribution in [1.82, 2.24) is 20.2 Å². The van der Waals surface area contributed by atoms with Crippen LogP contribution in [0.25, 0.3) is 0 Å². The number of tetrazole rings is 1. The number of thioether (sulfide) groups is 1. The monoisotopic (exact) mass is 497 g/mol. The maximum atomic E-state index is 11.8. The summed E-state index contributed by atoms with van der Waals surface area (Å²) in [6, 6.07) is 15.0. The number of carbonyl (C=O) groups excluding carboxylic acids is 1. The fraction of sp³-hybridized carbons (Fsp3) is 0.333. The highest BCUT2D eigenvalue weighted by atomic mass is 32.2. The van der Waals surface area contributed by atoms with Gasteiger partial charge in [-0.25, -0.2) is 9.48 Å². The van der Waals surface area contributed by atoms with E-state index in [9.17, 15) is 9.90 Å². The number of aliphatic hydroxyl groups is 1. The first-order valence-corrected chi connectivity index (χ1v) is 12.0. The van der Waals surface area contributed by atoms with Gasteiger partial charge in [0.25, 0.3) is 0 Å². The minimum absolute atomic E-state index is 0.00986. The van der Waals surface area contributed by atoms with Gasteiger partial charge >= 0.3 is 6.09 Å². The Morgan fingerprint density at radius 1 is 1.23 bits per heavy atom. The van der Waals surface area contributed by atoms with Gasteiger partial charge in [-0.2, -0.15) is 0 Å². The third-order valence-electron chi connectivity index (χ3n) is 5.36. The molecule has 1 saturated heterocycles. The molecule has 2 N–H and O–H groups in total. The van der Waals surface area contributed by atoms with Gasteiger partial charge in [0, 0.05) is 30.5 Å². The molecule has 1 aliphatic heterocycles. The molecule has 3 unspecified atom stereocenters. The first-order chi connectivity index (χ1) is 17.1. The van der Waals surface area contributed by atoms with Crippen LogP contribution in [0, 0.1) is 0 Å². The lowest BCUT2D eigenvalue weighted by atomic mass is 10.0. The second-order valence-electron chi connectivity index (χ2n) is 7.88. The van der Waals surface area contributed by atoms with Crippen LogP contribution < -0.4 is 5.32 Å². The van der Waals surface area contributed by atoms with Crippen LogP contribution in [-0.2, 0) is 27.9 Å². The van der Waals surface area contributed by atoms with E-state index in [0.29, 0.717) is 23.0 Å². The van der Waals surface area contributed by atoms with Crippen molar-refractivity contribution in [2.75, 3.05) is 17.7 Å². The van der Waals surface area contributed by atoms with Crippen molar-refractivity contribution >= 4 is 23.5 Å². The molecule has 2 aromatic carbocycles. The molecule has 0 saturated carbocycles. The maximum absolute atomic E-state index is 11.8. The predicted octanol–water partition coefficient (Wildman–Crippen LogP) is 3.77. The average Bonchev–Trinajstić information content (AvgIpc) is 3.31. The number of hydrogen-bond acceptors (Lipinski definition) is 9. The number of hydrogen-bond donors (Lipinski definition) is 2. The summed E-state index contributed by atoms with van der Waals surface area (Å²) < 4.78 is 19.2. The van der Waals surface area contributed by atoms with Gasteiger partial charge in [-0.15, -0.1) is 5.10 Å². The van der Waals surface area contributed by atoms with Gasteiger partial charge in [0.05, 0.1) is 18.8 Å². The van der Waals surface area contributed by atoms with Crippen LogP contribution in [0.3, 0.4) is 0 Å². The maximum Gasteiger partial charge on any atom is 0.411 e. The zero-order valence-electron chi connectivity index (χ0n) is 19.2. The van der Waals surface area contributed by atoms with E-state index in [0.717, 1.165) is 16.7 Å². The van der Waals surface area contributed by atoms with Crippen molar-refractivity contribution in [2.24, 2.45) is 7.05 Å². The normalized spacial score (nSPS) is 19.8. The number of aromatic nitrogens is 4. The van der Waals surface area contributed by atoms with E-state index in [1.165, 1.54) is 17.8 Å². The molecule has 2 heterocycles. The summed E-state index contributed by atoms with van der Waals surface area (Å²) in [5.41, 5.74) is 3.27. The van der Waals surface area contributed by atoms with Crippen LogP contribution in [-0.4, -0.2) is 49.9 Å². The summed E-state index contributed by atoms with van der Waals surface area (Å²) in [4.78, 5) is 11.8. The SMILES string of the molecule is C=CCOC(=O)Nc1ccc(C2OC(CSc3nnnn3C)CC(c3ccc(CO)cc3)O2)cc1. The lowest BCUT2D eigenvalue weighted by molar-refractivity contribution is -0.245. The fourth-order valence-electron chi connectivity index (χ4n) is 3.55. The number of amides is 1. The number of carbonyl (C=O) groups is 1. The summed E-state index contributed by atoms with van der Waals surface area (Å²) >= 11 is 1.52. The van der Waals surface area contributed by atoms with Crippen molar-refractivity contribution < 1.29 is 24.1 Å². The molecule has 1 aromatic heterocycles. The van der Waals surface area contributed by atoms with Crippen LogP contribution in [0.2, 0.25) is 0 Å². The Kier molecular flexibility index (Phi) is 8.48. The zero-order valence-corrected chi connectivity index (χ0v) is 20.1. The molecular weight excluding hydrogens is 470 g/mol. The Morgan fingerprint density at radius 2 is 1.97 bits per heavy atom. The average molecular weight is 498 g/mol. The summed E-state index contributed by atoms with van der Waals surface area (Å²) in [5.74, 6) is 0.647.